The van der Waals surface area contributed by atoms with Crippen LogP contribution in [0.4, 0.5) is 5.13 Å². The quantitative estimate of drug-likeness (QED) is 0.813. The predicted molar refractivity (Wildman–Crippen MR) is 70.8 cm³/mol. The van der Waals surface area contributed by atoms with E-state index in [0.717, 1.165) is 5.69 Å². The van der Waals surface area contributed by atoms with Crippen LogP contribution in [0.15, 0.2) is 5.38 Å². The average molecular weight is 257 g/mol. The third-order valence-corrected chi connectivity index (χ3v) is 2.76. The van der Waals surface area contributed by atoms with Crippen LogP contribution < -0.4 is 11.1 Å². The molecule has 0 atom stereocenters. The van der Waals surface area contributed by atoms with Crippen molar-refractivity contribution in [3.8, 4) is 0 Å². The highest BCUT2D eigenvalue weighted by Gasteiger charge is 2.18. The molecule has 0 saturated heterocycles. The van der Waals surface area contributed by atoms with Crippen molar-refractivity contribution in [2.75, 3.05) is 5.32 Å². The third-order valence-electron chi connectivity index (χ3n) is 1.85. The fraction of sp³-hybridized carbons (Fsp3) is 0.500. The van der Waals surface area contributed by atoms with Gasteiger partial charge in [-0.2, -0.15) is 0 Å². The second kappa shape index (κ2) is 4.88. The first-order valence-electron chi connectivity index (χ1n) is 4.83. The largest absolute Gasteiger partial charge is 0.393 e. The smallest absolute Gasteiger partial charge is 0.232 e. The molecule has 0 aliphatic heterocycles. The topological polar surface area (TPSA) is 68.0 Å². The van der Waals surface area contributed by atoms with Gasteiger partial charge in [-0.3, -0.25) is 4.79 Å². The molecule has 1 amide bonds. The highest BCUT2D eigenvalue weighted by Crippen LogP contribution is 2.26. The molecule has 1 rings (SSSR count). The van der Waals surface area contributed by atoms with Crippen molar-refractivity contribution in [2.45, 2.75) is 32.6 Å². The summed E-state index contributed by atoms with van der Waals surface area (Å²) in [5, 5.41) is 5.20. The normalized spacial score (nSPS) is 11.2. The molecule has 0 bridgehead atoms. The van der Waals surface area contributed by atoms with Crippen LogP contribution in [0.2, 0.25) is 0 Å². The molecule has 4 nitrogen and oxygen atoms in total. The van der Waals surface area contributed by atoms with Crippen LogP contribution >= 0.6 is 23.6 Å². The summed E-state index contributed by atoms with van der Waals surface area (Å²) in [5.41, 5.74) is 6.23. The first-order valence-corrected chi connectivity index (χ1v) is 6.12. The van der Waals surface area contributed by atoms with Crippen LogP contribution in [-0.2, 0) is 10.2 Å². The number of carbonyl (C=O) groups is 1. The Balaban J connectivity index is 2.66. The Labute approximate surface area is 104 Å². The highest BCUT2D eigenvalue weighted by molar-refractivity contribution is 7.80. The van der Waals surface area contributed by atoms with Crippen LogP contribution in [-0.4, -0.2) is 15.9 Å². The van der Waals surface area contributed by atoms with E-state index in [1.54, 1.807) is 0 Å². The van der Waals surface area contributed by atoms with Crippen LogP contribution in [0.25, 0.3) is 0 Å². The molecular formula is C10H15N3OS2. The van der Waals surface area contributed by atoms with Gasteiger partial charge in [0, 0.05) is 10.8 Å². The Morgan fingerprint density at radius 2 is 2.25 bits per heavy atom. The van der Waals surface area contributed by atoms with Gasteiger partial charge in [0.05, 0.1) is 17.1 Å². The lowest BCUT2D eigenvalue weighted by molar-refractivity contribution is -0.115. The van der Waals surface area contributed by atoms with Crippen LogP contribution in [0.3, 0.4) is 0 Å². The molecule has 0 fully saturated rings. The van der Waals surface area contributed by atoms with E-state index in [2.05, 4.69) is 43.3 Å². The minimum Gasteiger partial charge on any atom is -0.393 e. The van der Waals surface area contributed by atoms with Crippen molar-refractivity contribution in [3.63, 3.8) is 0 Å². The zero-order chi connectivity index (χ0) is 12.3. The van der Waals surface area contributed by atoms with Gasteiger partial charge in [0.2, 0.25) is 5.91 Å². The van der Waals surface area contributed by atoms with E-state index in [9.17, 15) is 4.79 Å². The summed E-state index contributed by atoms with van der Waals surface area (Å²) in [6.07, 6.45) is 0.0553. The zero-order valence-electron chi connectivity index (χ0n) is 9.53. The molecule has 16 heavy (non-hydrogen) atoms. The molecular weight excluding hydrogens is 242 g/mol. The first-order chi connectivity index (χ1) is 7.29. The maximum absolute atomic E-state index is 11.4. The van der Waals surface area contributed by atoms with E-state index in [0.29, 0.717) is 5.13 Å². The van der Waals surface area contributed by atoms with Gasteiger partial charge in [0.15, 0.2) is 5.13 Å². The minimum atomic E-state index is -0.220. The Morgan fingerprint density at radius 1 is 1.62 bits per heavy atom. The second-order valence-corrected chi connectivity index (χ2v) is 5.86. The molecule has 0 aliphatic carbocycles. The highest BCUT2D eigenvalue weighted by atomic mass is 32.1. The van der Waals surface area contributed by atoms with Gasteiger partial charge in [0.1, 0.15) is 0 Å². The maximum atomic E-state index is 11.4. The Morgan fingerprint density at radius 3 is 2.69 bits per heavy atom. The van der Waals surface area contributed by atoms with Gasteiger partial charge in [0.25, 0.3) is 0 Å². The molecule has 6 heteroatoms. The molecule has 0 unspecified atom stereocenters. The van der Waals surface area contributed by atoms with E-state index >= 15 is 0 Å². The molecule has 88 valence electrons. The van der Waals surface area contributed by atoms with Gasteiger partial charge >= 0.3 is 0 Å². The summed E-state index contributed by atoms with van der Waals surface area (Å²) in [6.45, 7) is 6.22. The molecule has 1 aromatic rings. The van der Waals surface area contributed by atoms with Crippen LogP contribution in [0.1, 0.15) is 32.9 Å². The van der Waals surface area contributed by atoms with Gasteiger partial charge in [-0.25, -0.2) is 4.98 Å². The number of nitrogens with two attached hydrogens (primary N) is 1. The second-order valence-electron chi connectivity index (χ2n) is 4.48. The molecule has 1 aromatic heterocycles. The number of rotatable bonds is 3. The lowest BCUT2D eigenvalue weighted by atomic mass is 9.93. The van der Waals surface area contributed by atoms with Crippen molar-refractivity contribution >= 4 is 39.6 Å². The number of amides is 1. The Bertz CT molecular complexity index is 406. The summed E-state index contributed by atoms with van der Waals surface area (Å²) in [5.74, 6) is -0.220. The number of thiocarbonyl (C=S) groups is 1. The fourth-order valence-corrected chi connectivity index (χ4v) is 2.08. The molecule has 0 aliphatic rings. The Hall–Kier alpha value is -1.01. The van der Waals surface area contributed by atoms with Crippen molar-refractivity contribution in [3.05, 3.63) is 11.1 Å². The van der Waals surface area contributed by atoms with E-state index in [4.69, 9.17) is 5.73 Å². The number of aromatic nitrogens is 1. The van der Waals surface area contributed by atoms with Crippen LogP contribution in [0.5, 0.6) is 0 Å². The fourth-order valence-electron chi connectivity index (χ4n) is 0.997. The summed E-state index contributed by atoms with van der Waals surface area (Å²) in [7, 11) is 0. The van der Waals surface area contributed by atoms with Crippen molar-refractivity contribution in [1.29, 1.82) is 0 Å². The third kappa shape index (κ3) is 3.86. The number of nitrogens with one attached hydrogen (secondary N) is 1. The van der Waals surface area contributed by atoms with Gasteiger partial charge in [-0.05, 0) is 0 Å². The molecule has 0 spiro atoms. The van der Waals surface area contributed by atoms with Gasteiger partial charge < -0.3 is 11.1 Å². The van der Waals surface area contributed by atoms with E-state index in [1.807, 2.05) is 5.38 Å². The standard InChI is InChI=1S/C10H15N3OS2/c1-10(2,3)6-5-16-9(12-6)13-8(14)4-7(11)15/h5H,4H2,1-3H3,(H2,11,15)(H,12,13,14). The molecule has 3 N–H and O–H groups in total. The number of carbonyl (C=O) groups excluding carboxylic acids is 1. The van der Waals surface area contributed by atoms with Gasteiger partial charge in [-0.1, -0.05) is 33.0 Å². The summed E-state index contributed by atoms with van der Waals surface area (Å²) < 4.78 is 0. The lowest BCUT2D eigenvalue weighted by Crippen LogP contribution is -2.20. The molecule has 0 radical (unpaired) electrons. The predicted octanol–water partition coefficient (Wildman–Crippen LogP) is 2.06. The number of thiazole rings is 1. The summed E-state index contributed by atoms with van der Waals surface area (Å²) in [4.78, 5) is 15.9. The number of anilines is 1. The SMILES string of the molecule is CC(C)(C)c1csc(NC(=O)CC(N)=S)n1. The monoisotopic (exact) mass is 257 g/mol. The first kappa shape index (κ1) is 13.1. The molecule has 0 saturated carbocycles. The Kier molecular flexibility index (Phi) is 3.98. The van der Waals surface area contributed by atoms with Crippen LogP contribution in [0, 0.1) is 0 Å². The van der Waals surface area contributed by atoms with E-state index in [-0.39, 0.29) is 22.7 Å². The molecule has 1 heterocycles. The number of hydrogen-bond acceptors (Lipinski definition) is 4. The molecule has 0 aromatic carbocycles. The number of hydrogen-bond donors (Lipinski definition) is 2. The van der Waals surface area contributed by atoms with E-state index in [1.165, 1.54) is 11.3 Å². The van der Waals surface area contributed by atoms with Gasteiger partial charge in [-0.15, -0.1) is 11.3 Å². The van der Waals surface area contributed by atoms with Crippen molar-refractivity contribution in [1.82, 2.24) is 4.98 Å². The summed E-state index contributed by atoms with van der Waals surface area (Å²) >= 11 is 6.06. The minimum absolute atomic E-state index is 0.0113. The zero-order valence-corrected chi connectivity index (χ0v) is 11.2. The maximum Gasteiger partial charge on any atom is 0.232 e. The van der Waals surface area contributed by atoms with Crippen molar-refractivity contribution < 1.29 is 4.79 Å². The number of nitrogens with zero attached hydrogens (tertiary/aromatic N) is 1. The van der Waals surface area contributed by atoms with E-state index < -0.39 is 0 Å². The summed E-state index contributed by atoms with van der Waals surface area (Å²) in [6, 6.07) is 0. The lowest BCUT2D eigenvalue weighted by Gasteiger charge is -2.14. The van der Waals surface area contributed by atoms with Crippen molar-refractivity contribution in [2.24, 2.45) is 5.73 Å². The average Bonchev–Trinajstić information content (AvgIpc) is 2.49.